The summed E-state index contributed by atoms with van der Waals surface area (Å²) in [5.74, 6) is -0.502. The van der Waals surface area contributed by atoms with Crippen LogP contribution < -0.4 is 5.43 Å². The first kappa shape index (κ1) is 17.7. The summed E-state index contributed by atoms with van der Waals surface area (Å²) < 4.78 is 46.3. The van der Waals surface area contributed by atoms with Crippen LogP contribution in [0.3, 0.4) is 0 Å². The largest absolute Gasteiger partial charge is 0.423 e. The van der Waals surface area contributed by atoms with Gasteiger partial charge < -0.3 is 4.74 Å². The van der Waals surface area contributed by atoms with E-state index in [1.54, 1.807) is 30.3 Å². The number of carbonyl (C=O) groups excluding carboxylic acids is 1. The van der Waals surface area contributed by atoms with Gasteiger partial charge in [0.1, 0.15) is 6.73 Å². The van der Waals surface area contributed by atoms with E-state index in [0.29, 0.717) is 10.6 Å². The van der Waals surface area contributed by atoms with Crippen LogP contribution in [0, 0.1) is 0 Å². The van der Waals surface area contributed by atoms with E-state index >= 15 is 0 Å². The van der Waals surface area contributed by atoms with Gasteiger partial charge in [0.15, 0.2) is 0 Å². The Hall–Kier alpha value is -2.09. The van der Waals surface area contributed by atoms with Crippen LogP contribution >= 0.6 is 11.6 Å². The molecule has 1 N–H and O–H groups in total. The Morgan fingerprint density at radius 3 is 2.36 bits per heavy atom. The van der Waals surface area contributed by atoms with Crippen molar-refractivity contribution in [3.63, 3.8) is 0 Å². The minimum absolute atomic E-state index is 0.0686. The van der Waals surface area contributed by atoms with Crippen LogP contribution in [-0.2, 0) is 10.3 Å². The van der Waals surface area contributed by atoms with Crippen LogP contribution in [0.4, 0.5) is 13.2 Å². The number of hydrogen-bond donors (Lipinski definition) is 1. The lowest BCUT2D eigenvalue weighted by Gasteiger charge is -2.30. The quantitative estimate of drug-likeness (QED) is 0.895. The molecule has 1 aliphatic rings. The number of rotatable bonds is 3. The molecule has 0 saturated carbocycles. The summed E-state index contributed by atoms with van der Waals surface area (Å²) in [7, 11) is 0. The van der Waals surface area contributed by atoms with E-state index in [1.165, 1.54) is 24.3 Å². The number of amides is 1. The highest BCUT2D eigenvalue weighted by atomic mass is 35.5. The van der Waals surface area contributed by atoms with E-state index in [-0.39, 0.29) is 12.3 Å². The van der Waals surface area contributed by atoms with Gasteiger partial charge in [-0.1, -0.05) is 41.9 Å². The van der Waals surface area contributed by atoms with Crippen molar-refractivity contribution in [2.45, 2.75) is 11.8 Å². The third kappa shape index (κ3) is 3.49. The van der Waals surface area contributed by atoms with Crippen LogP contribution in [0.5, 0.6) is 0 Å². The molecule has 8 heteroatoms. The Morgan fingerprint density at radius 2 is 1.76 bits per heavy atom. The lowest BCUT2D eigenvalue weighted by atomic mass is 9.93. The highest BCUT2D eigenvalue weighted by molar-refractivity contribution is 6.30. The molecular formula is C17H14ClF3N2O2. The minimum Gasteiger partial charge on any atom is -0.342 e. The number of alkyl halides is 3. The molecule has 0 aromatic heterocycles. The number of hydrazine groups is 1. The third-order valence-electron chi connectivity index (χ3n) is 3.94. The predicted molar refractivity (Wildman–Crippen MR) is 85.8 cm³/mol. The Labute approximate surface area is 147 Å². The van der Waals surface area contributed by atoms with Gasteiger partial charge in [-0.05, 0) is 29.8 Å². The zero-order valence-electron chi connectivity index (χ0n) is 12.9. The summed E-state index contributed by atoms with van der Waals surface area (Å²) in [6.07, 6.45) is -4.66. The average molecular weight is 371 g/mol. The van der Waals surface area contributed by atoms with E-state index in [9.17, 15) is 18.0 Å². The molecular weight excluding hydrogens is 357 g/mol. The zero-order chi connectivity index (χ0) is 18.1. The number of hydrogen-bond acceptors (Lipinski definition) is 3. The first-order valence-corrected chi connectivity index (χ1v) is 7.77. The predicted octanol–water partition coefficient (Wildman–Crippen LogP) is 3.73. The van der Waals surface area contributed by atoms with E-state index < -0.39 is 24.2 Å². The maximum absolute atomic E-state index is 13.7. The average Bonchev–Trinajstić information content (AvgIpc) is 3.01. The fraction of sp³-hybridized carbons (Fsp3) is 0.235. The van der Waals surface area contributed by atoms with Crippen molar-refractivity contribution in [2.24, 2.45) is 0 Å². The zero-order valence-corrected chi connectivity index (χ0v) is 13.6. The van der Waals surface area contributed by atoms with E-state index in [2.05, 4.69) is 5.43 Å². The molecule has 0 bridgehead atoms. The fourth-order valence-electron chi connectivity index (χ4n) is 2.65. The Morgan fingerprint density at radius 1 is 1.12 bits per heavy atom. The normalized spacial score (nSPS) is 21.3. The van der Waals surface area contributed by atoms with Gasteiger partial charge >= 0.3 is 6.18 Å². The first-order chi connectivity index (χ1) is 11.8. The van der Waals surface area contributed by atoms with E-state index in [0.717, 1.165) is 5.01 Å². The van der Waals surface area contributed by atoms with Crippen molar-refractivity contribution in [1.29, 1.82) is 0 Å². The Bertz CT molecular complexity index is 753. The van der Waals surface area contributed by atoms with Crippen LogP contribution in [0.1, 0.15) is 15.9 Å². The molecule has 4 nitrogen and oxygen atoms in total. The second-order valence-electron chi connectivity index (χ2n) is 5.61. The van der Waals surface area contributed by atoms with Crippen molar-refractivity contribution in [3.05, 3.63) is 70.7 Å². The van der Waals surface area contributed by atoms with Crippen molar-refractivity contribution < 1.29 is 22.7 Å². The van der Waals surface area contributed by atoms with Crippen LogP contribution in [0.15, 0.2) is 54.6 Å². The molecule has 1 fully saturated rings. The van der Waals surface area contributed by atoms with Crippen molar-refractivity contribution in [2.75, 3.05) is 13.3 Å². The maximum Gasteiger partial charge on any atom is 0.423 e. The first-order valence-electron chi connectivity index (χ1n) is 7.39. The summed E-state index contributed by atoms with van der Waals surface area (Å²) in [5.41, 5.74) is 0.197. The summed E-state index contributed by atoms with van der Waals surface area (Å²) in [5, 5.41) is 1.44. The Kier molecular flexibility index (Phi) is 4.73. The number of nitrogens with one attached hydrogen (secondary N) is 1. The number of carbonyl (C=O) groups is 1. The molecule has 2 aromatic rings. The number of benzene rings is 2. The molecule has 25 heavy (non-hydrogen) atoms. The topological polar surface area (TPSA) is 41.6 Å². The van der Waals surface area contributed by atoms with Crippen molar-refractivity contribution in [3.8, 4) is 0 Å². The lowest BCUT2D eigenvalue weighted by molar-refractivity contribution is -0.264. The monoisotopic (exact) mass is 370 g/mol. The van der Waals surface area contributed by atoms with Gasteiger partial charge in [-0.3, -0.25) is 10.2 Å². The van der Waals surface area contributed by atoms with Crippen LogP contribution in [0.25, 0.3) is 0 Å². The molecule has 2 aromatic carbocycles. The third-order valence-corrected chi connectivity index (χ3v) is 4.20. The molecule has 0 aliphatic carbocycles. The molecule has 1 aliphatic heterocycles. The summed E-state index contributed by atoms with van der Waals surface area (Å²) >= 11 is 5.75. The molecule has 3 rings (SSSR count). The molecule has 1 amide bonds. The molecule has 1 unspecified atom stereocenters. The summed E-state index contributed by atoms with van der Waals surface area (Å²) in [6.45, 7) is -0.947. The number of halogens is 4. The fourth-order valence-corrected chi connectivity index (χ4v) is 2.77. The SMILES string of the molecule is O=C(NN1COC(c2ccc(Cl)cc2)(C(F)(F)F)C1)c1ccccc1. The van der Waals surface area contributed by atoms with Gasteiger partial charge in [-0.2, -0.15) is 18.2 Å². The van der Waals surface area contributed by atoms with Gasteiger partial charge in [-0.25, -0.2) is 0 Å². The van der Waals surface area contributed by atoms with Gasteiger partial charge in [-0.15, -0.1) is 0 Å². The summed E-state index contributed by atoms with van der Waals surface area (Å²) in [6, 6.07) is 13.5. The van der Waals surface area contributed by atoms with Gasteiger partial charge in [0.2, 0.25) is 5.60 Å². The van der Waals surface area contributed by atoms with Crippen molar-refractivity contribution >= 4 is 17.5 Å². The summed E-state index contributed by atoms with van der Waals surface area (Å²) in [4.78, 5) is 12.1. The highest BCUT2D eigenvalue weighted by Crippen LogP contribution is 2.45. The van der Waals surface area contributed by atoms with Crippen LogP contribution in [0.2, 0.25) is 5.02 Å². The Balaban J connectivity index is 1.81. The standard InChI is InChI=1S/C17H14ClF3N2O2/c18-14-8-6-13(7-9-14)16(17(19,20)21)10-23(11-25-16)22-15(24)12-4-2-1-3-5-12/h1-9H,10-11H2,(H,22,24). The molecule has 1 atom stereocenters. The van der Waals surface area contributed by atoms with Crippen molar-refractivity contribution in [1.82, 2.24) is 10.4 Å². The minimum atomic E-state index is -4.66. The lowest BCUT2D eigenvalue weighted by Crippen LogP contribution is -2.48. The second-order valence-corrected chi connectivity index (χ2v) is 6.05. The smallest absolute Gasteiger partial charge is 0.342 e. The highest BCUT2D eigenvalue weighted by Gasteiger charge is 2.61. The molecule has 132 valence electrons. The molecule has 1 heterocycles. The number of ether oxygens (including phenoxy) is 1. The molecule has 0 spiro atoms. The second kappa shape index (κ2) is 6.67. The van der Waals surface area contributed by atoms with Crippen LogP contribution in [-0.4, -0.2) is 30.4 Å². The maximum atomic E-state index is 13.7. The van der Waals surface area contributed by atoms with Gasteiger partial charge in [0.05, 0.1) is 6.54 Å². The molecule has 0 radical (unpaired) electrons. The van der Waals surface area contributed by atoms with Gasteiger partial charge in [0.25, 0.3) is 5.91 Å². The van der Waals surface area contributed by atoms with Gasteiger partial charge in [0, 0.05) is 10.6 Å². The van der Waals surface area contributed by atoms with E-state index in [4.69, 9.17) is 16.3 Å². The molecule has 1 saturated heterocycles. The van der Waals surface area contributed by atoms with E-state index in [1.807, 2.05) is 0 Å². The number of nitrogens with zero attached hydrogens (tertiary/aromatic N) is 1.